The summed E-state index contributed by atoms with van der Waals surface area (Å²) in [4.78, 5) is 3.58. The molecule has 0 saturated carbocycles. The normalized spacial score (nSPS) is 32.5. The first-order valence-electron chi connectivity index (χ1n) is 6.47. The highest BCUT2D eigenvalue weighted by atomic mass is 32.2. The maximum absolute atomic E-state index is 10.0. The molecule has 3 N–H and O–H groups in total. The van der Waals surface area contributed by atoms with Crippen LogP contribution < -0.4 is 0 Å². The number of thioether (sulfide) groups is 1. The molecule has 0 aromatic heterocycles. The fourth-order valence-corrected chi connectivity index (χ4v) is 3.21. The minimum absolute atomic E-state index is 0.424. The van der Waals surface area contributed by atoms with Crippen molar-refractivity contribution >= 4 is 11.8 Å². The average Bonchev–Trinajstić information content (AvgIpc) is 2.49. The number of rotatable bonds is 4. The molecular formula is C13H17N3O4S. The summed E-state index contributed by atoms with van der Waals surface area (Å²) >= 11 is 1.28. The minimum Gasteiger partial charge on any atom is -0.394 e. The van der Waals surface area contributed by atoms with E-state index in [1.807, 2.05) is 31.2 Å². The van der Waals surface area contributed by atoms with Crippen molar-refractivity contribution in [3.8, 4) is 0 Å². The van der Waals surface area contributed by atoms with E-state index in [9.17, 15) is 15.3 Å². The smallest absolute Gasteiger partial charge is 0.119 e. The minimum atomic E-state index is -1.29. The van der Waals surface area contributed by atoms with Crippen LogP contribution in [0.3, 0.4) is 0 Å². The van der Waals surface area contributed by atoms with Gasteiger partial charge >= 0.3 is 0 Å². The van der Waals surface area contributed by atoms with Crippen molar-refractivity contribution in [3.63, 3.8) is 0 Å². The van der Waals surface area contributed by atoms with E-state index in [0.29, 0.717) is 0 Å². The van der Waals surface area contributed by atoms with Crippen LogP contribution in [-0.2, 0) is 4.74 Å². The van der Waals surface area contributed by atoms with Crippen LogP contribution in [0, 0.1) is 6.92 Å². The van der Waals surface area contributed by atoms with Gasteiger partial charge in [-0.3, -0.25) is 0 Å². The second-order valence-electron chi connectivity index (χ2n) is 4.83. The quantitative estimate of drug-likeness (QED) is 0.438. The van der Waals surface area contributed by atoms with Crippen molar-refractivity contribution in [1.29, 1.82) is 0 Å². The van der Waals surface area contributed by atoms with Gasteiger partial charge in [0.05, 0.1) is 12.7 Å². The largest absolute Gasteiger partial charge is 0.394 e. The Morgan fingerprint density at radius 2 is 1.95 bits per heavy atom. The number of ether oxygens (including phenoxy) is 1. The SMILES string of the molecule is Cc1ccc(SC2OC(CO)C(O)C(O)C2N=[N+]=[N-])cc1. The third kappa shape index (κ3) is 3.68. The fourth-order valence-electron chi connectivity index (χ4n) is 2.10. The van der Waals surface area contributed by atoms with E-state index >= 15 is 0 Å². The van der Waals surface area contributed by atoms with Crippen molar-refractivity contribution in [2.45, 2.75) is 41.6 Å². The van der Waals surface area contributed by atoms with Crippen molar-refractivity contribution in [2.24, 2.45) is 5.11 Å². The zero-order valence-corrected chi connectivity index (χ0v) is 12.2. The van der Waals surface area contributed by atoms with Crippen LogP contribution in [0.2, 0.25) is 0 Å². The van der Waals surface area contributed by atoms with Crippen LogP contribution in [0.4, 0.5) is 0 Å². The fraction of sp³-hybridized carbons (Fsp3) is 0.538. The number of benzene rings is 1. The molecule has 8 heteroatoms. The summed E-state index contributed by atoms with van der Waals surface area (Å²) in [6, 6.07) is 6.72. The lowest BCUT2D eigenvalue weighted by molar-refractivity contribution is -0.165. The molecule has 1 aliphatic rings. The molecule has 5 unspecified atom stereocenters. The Morgan fingerprint density at radius 3 is 2.52 bits per heavy atom. The first-order chi connectivity index (χ1) is 10.1. The molecular weight excluding hydrogens is 294 g/mol. The molecule has 0 aliphatic carbocycles. The number of nitrogens with zero attached hydrogens (tertiary/aromatic N) is 3. The van der Waals surface area contributed by atoms with Gasteiger partial charge in [0, 0.05) is 9.81 Å². The van der Waals surface area contributed by atoms with Crippen LogP contribution in [0.5, 0.6) is 0 Å². The molecule has 1 fully saturated rings. The van der Waals surface area contributed by atoms with Gasteiger partial charge < -0.3 is 20.1 Å². The average molecular weight is 311 g/mol. The van der Waals surface area contributed by atoms with Gasteiger partial charge in [0.15, 0.2) is 0 Å². The predicted octanol–water partition coefficient (Wildman–Crippen LogP) is 1.21. The lowest BCUT2D eigenvalue weighted by atomic mass is 9.99. The lowest BCUT2D eigenvalue weighted by Crippen LogP contribution is -2.56. The molecule has 1 saturated heterocycles. The zero-order chi connectivity index (χ0) is 15.4. The molecule has 1 aromatic rings. The Kier molecular flexibility index (Phi) is 5.46. The van der Waals surface area contributed by atoms with E-state index in [0.717, 1.165) is 10.5 Å². The molecule has 0 bridgehead atoms. The van der Waals surface area contributed by atoms with Gasteiger partial charge in [-0.15, -0.1) is 0 Å². The maximum atomic E-state index is 10.0. The second kappa shape index (κ2) is 7.13. The number of hydrogen-bond acceptors (Lipinski definition) is 6. The Labute approximate surface area is 126 Å². The Hall–Kier alpha value is -1.28. The monoisotopic (exact) mass is 311 g/mol. The molecule has 1 aromatic carbocycles. The highest BCUT2D eigenvalue weighted by Crippen LogP contribution is 2.35. The number of aliphatic hydroxyl groups is 3. The van der Waals surface area contributed by atoms with E-state index < -0.39 is 36.4 Å². The van der Waals surface area contributed by atoms with Gasteiger partial charge in [-0.2, -0.15) is 0 Å². The van der Waals surface area contributed by atoms with Crippen LogP contribution >= 0.6 is 11.8 Å². The molecule has 7 nitrogen and oxygen atoms in total. The molecule has 114 valence electrons. The van der Waals surface area contributed by atoms with Gasteiger partial charge in [0.1, 0.15) is 23.7 Å². The van der Waals surface area contributed by atoms with Crippen molar-refractivity contribution in [3.05, 3.63) is 40.3 Å². The molecule has 0 spiro atoms. The van der Waals surface area contributed by atoms with Crippen LogP contribution in [0.25, 0.3) is 10.4 Å². The molecule has 5 atom stereocenters. The topological polar surface area (TPSA) is 119 Å². The third-order valence-electron chi connectivity index (χ3n) is 3.31. The number of hydrogen-bond donors (Lipinski definition) is 3. The summed E-state index contributed by atoms with van der Waals surface area (Å²) in [5.41, 5.74) is 9.05. The van der Waals surface area contributed by atoms with E-state index in [-0.39, 0.29) is 0 Å². The Bertz CT molecular complexity index is 521. The van der Waals surface area contributed by atoms with Gasteiger partial charge in [-0.25, -0.2) is 0 Å². The van der Waals surface area contributed by atoms with Gasteiger partial charge in [0.25, 0.3) is 0 Å². The predicted molar refractivity (Wildman–Crippen MR) is 77.7 cm³/mol. The second-order valence-corrected chi connectivity index (χ2v) is 6.00. The van der Waals surface area contributed by atoms with Crippen molar-refractivity contribution in [2.75, 3.05) is 6.61 Å². The van der Waals surface area contributed by atoms with E-state index in [2.05, 4.69) is 10.0 Å². The van der Waals surface area contributed by atoms with Gasteiger partial charge in [-0.05, 0) is 24.6 Å². The molecule has 21 heavy (non-hydrogen) atoms. The number of aliphatic hydroxyl groups excluding tert-OH is 3. The molecule has 0 amide bonds. The zero-order valence-electron chi connectivity index (χ0n) is 11.4. The van der Waals surface area contributed by atoms with Crippen LogP contribution in [-0.4, -0.2) is 51.7 Å². The van der Waals surface area contributed by atoms with Crippen LogP contribution in [0.1, 0.15) is 5.56 Å². The Balaban J connectivity index is 2.20. The van der Waals surface area contributed by atoms with E-state index in [1.54, 1.807) is 0 Å². The van der Waals surface area contributed by atoms with Crippen molar-refractivity contribution < 1.29 is 20.1 Å². The first-order valence-corrected chi connectivity index (χ1v) is 7.34. The number of aryl methyl sites for hydroxylation is 1. The van der Waals surface area contributed by atoms with E-state index in [4.69, 9.17) is 10.3 Å². The lowest BCUT2D eigenvalue weighted by Gasteiger charge is -2.40. The molecule has 2 rings (SSSR count). The summed E-state index contributed by atoms with van der Waals surface area (Å²) in [7, 11) is 0. The van der Waals surface area contributed by atoms with E-state index in [1.165, 1.54) is 11.8 Å². The summed E-state index contributed by atoms with van der Waals surface area (Å²) in [6.45, 7) is 1.54. The summed E-state index contributed by atoms with van der Waals surface area (Å²) in [6.07, 6.45) is -3.48. The molecule has 1 heterocycles. The molecule has 1 aliphatic heterocycles. The summed E-state index contributed by atoms with van der Waals surface area (Å²) in [5.74, 6) is 0. The number of azide groups is 1. The van der Waals surface area contributed by atoms with Crippen LogP contribution in [0.15, 0.2) is 34.3 Å². The third-order valence-corrected chi connectivity index (χ3v) is 4.47. The maximum Gasteiger partial charge on any atom is 0.119 e. The first kappa shape index (κ1) is 16.1. The Morgan fingerprint density at radius 1 is 1.29 bits per heavy atom. The summed E-state index contributed by atoms with van der Waals surface area (Å²) < 4.78 is 5.56. The van der Waals surface area contributed by atoms with Crippen molar-refractivity contribution in [1.82, 2.24) is 0 Å². The standard InChI is InChI=1S/C13H17N3O4S/c1-7-2-4-8(5-3-7)21-13-10(15-16-14)12(19)11(18)9(6-17)20-13/h2-5,9-13,17-19H,6H2,1H3. The van der Waals surface area contributed by atoms with Gasteiger partial charge in [0.2, 0.25) is 0 Å². The highest BCUT2D eigenvalue weighted by molar-refractivity contribution is 7.99. The molecule has 0 radical (unpaired) electrons. The highest BCUT2D eigenvalue weighted by Gasteiger charge is 2.44. The summed E-state index contributed by atoms with van der Waals surface area (Å²) in [5, 5.41) is 32.6. The van der Waals surface area contributed by atoms with Gasteiger partial charge in [-0.1, -0.05) is 34.6 Å².